The number of nitrogens with zero attached hydrogens (tertiary/aromatic N) is 1. The third-order valence-corrected chi connectivity index (χ3v) is 4.28. The molecule has 2 heterocycles. The maximum atomic E-state index is 12.5. The fraction of sp³-hybridized carbons (Fsp3) is 0.150. The Hall–Kier alpha value is -3.41. The van der Waals surface area contributed by atoms with E-state index in [1.165, 1.54) is 0 Å². The van der Waals surface area contributed by atoms with Crippen LogP contribution in [0.3, 0.4) is 0 Å². The Morgan fingerprint density at radius 3 is 2.92 bits per heavy atom. The highest BCUT2D eigenvalue weighted by atomic mass is 16.5. The lowest BCUT2D eigenvalue weighted by Gasteiger charge is -2.20. The Labute approximate surface area is 150 Å². The summed E-state index contributed by atoms with van der Waals surface area (Å²) >= 11 is 0. The van der Waals surface area contributed by atoms with Crippen LogP contribution in [-0.4, -0.2) is 29.9 Å². The molecular weight excluding hydrogens is 330 g/mol. The average Bonchev–Trinajstić information content (AvgIpc) is 2.67. The zero-order valence-corrected chi connectivity index (χ0v) is 14.0. The lowest BCUT2D eigenvalue weighted by atomic mass is 10.1. The molecule has 1 aliphatic rings. The smallest absolute Gasteiger partial charge is 0.262 e. The molecule has 0 saturated heterocycles. The zero-order chi connectivity index (χ0) is 17.9. The van der Waals surface area contributed by atoms with Gasteiger partial charge in [0.25, 0.3) is 11.8 Å². The second kappa shape index (κ2) is 6.84. The van der Waals surface area contributed by atoms with E-state index in [1.807, 2.05) is 30.3 Å². The predicted molar refractivity (Wildman–Crippen MR) is 98.3 cm³/mol. The van der Waals surface area contributed by atoms with E-state index in [1.54, 1.807) is 24.4 Å². The van der Waals surface area contributed by atoms with Crippen molar-refractivity contribution < 1.29 is 14.3 Å². The standard InChI is InChI=1S/C20H17N3O3/c24-17-12-26-19-15(7-2-8-16(19)23-17)20(25)22-11-9-14-5-1-4-13-6-3-10-21-18(13)14/h1-8,10H,9,11-12H2,(H,22,25)(H,23,24). The van der Waals surface area contributed by atoms with Crippen molar-refractivity contribution in [1.82, 2.24) is 10.3 Å². The predicted octanol–water partition coefficient (Wildman–Crippen LogP) is 2.54. The van der Waals surface area contributed by atoms with Gasteiger partial charge in [-0.15, -0.1) is 0 Å². The van der Waals surface area contributed by atoms with Crippen molar-refractivity contribution in [1.29, 1.82) is 0 Å². The highest BCUT2D eigenvalue weighted by molar-refractivity contribution is 6.03. The van der Waals surface area contributed by atoms with Gasteiger partial charge in [0.1, 0.15) is 0 Å². The van der Waals surface area contributed by atoms with Crippen molar-refractivity contribution in [2.24, 2.45) is 0 Å². The molecule has 0 aliphatic carbocycles. The zero-order valence-electron chi connectivity index (χ0n) is 14.0. The molecule has 0 fully saturated rings. The number of pyridine rings is 1. The Balaban J connectivity index is 1.46. The van der Waals surface area contributed by atoms with Gasteiger partial charge in [-0.25, -0.2) is 0 Å². The first-order valence-corrected chi connectivity index (χ1v) is 8.39. The molecule has 6 nitrogen and oxygen atoms in total. The number of carbonyl (C=O) groups is 2. The molecule has 0 saturated carbocycles. The molecular formula is C20H17N3O3. The van der Waals surface area contributed by atoms with Crippen molar-refractivity contribution in [3.63, 3.8) is 0 Å². The summed E-state index contributed by atoms with van der Waals surface area (Å²) in [5.74, 6) is -0.0406. The summed E-state index contributed by atoms with van der Waals surface area (Å²) < 4.78 is 5.43. The minimum absolute atomic E-state index is 0.0844. The van der Waals surface area contributed by atoms with Crippen LogP contribution >= 0.6 is 0 Å². The number of carbonyl (C=O) groups excluding carboxylic acids is 2. The number of rotatable bonds is 4. The van der Waals surface area contributed by atoms with Crippen molar-refractivity contribution in [2.75, 3.05) is 18.5 Å². The molecule has 0 spiro atoms. The second-order valence-corrected chi connectivity index (χ2v) is 6.02. The second-order valence-electron chi connectivity index (χ2n) is 6.02. The van der Waals surface area contributed by atoms with E-state index in [4.69, 9.17) is 4.74 Å². The highest BCUT2D eigenvalue weighted by Crippen LogP contribution is 2.31. The molecule has 0 atom stereocenters. The summed E-state index contributed by atoms with van der Waals surface area (Å²) in [5, 5.41) is 6.70. The van der Waals surface area contributed by atoms with Crippen molar-refractivity contribution in [3.05, 3.63) is 65.9 Å². The quantitative estimate of drug-likeness (QED) is 0.760. The summed E-state index contributed by atoms with van der Waals surface area (Å²) in [4.78, 5) is 28.4. The lowest BCUT2D eigenvalue weighted by molar-refractivity contribution is -0.118. The van der Waals surface area contributed by atoms with Crippen LogP contribution in [0.15, 0.2) is 54.7 Å². The molecule has 130 valence electrons. The summed E-state index contributed by atoms with van der Waals surface area (Å²) in [6.07, 6.45) is 2.44. The van der Waals surface area contributed by atoms with Crippen molar-refractivity contribution in [3.8, 4) is 5.75 Å². The van der Waals surface area contributed by atoms with E-state index in [-0.39, 0.29) is 18.4 Å². The number of anilines is 1. The van der Waals surface area contributed by atoms with Gasteiger partial charge in [-0.3, -0.25) is 14.6 Å². The Morgan fingerprint density at radius 2 is 2.00 bits per heavy atom. The maximum absolute atomic E-state index is 12.5. The van der Waals surface area contributed by atoms with E-state index < -0.39 is 0 Å². The minimum atomic E-state index is -0.230. The Kier molecular flexibility index (Phi) is 4.23. The van der Waals surface area contributed by atoms with Crippen LogP contribution in [0.4, 0.5) is 5.69 Å². The summed E-state index contributed by atoms with van der Waals surface area (Å²) in [6, 6.07) is 15.1. The number of ether oxygens (including phenoxy) is 1. The largest absolute Gasteiger partial charge is 0.481 e. The first-order chi connectivity index (χ1) is 12.7. The van der Waals surface area contributed by atoms with Crippen LogP contribution < -0.4 is 15.4 Å². The summed E-state index contributed by atoms with van der Waals surface area (Å²) in [7, 11) is 0. The van der Waals surface area contributed by atoms with Gasteiger partial charge in [0, 0.05) is 18.1 Å². The van der Waals surface area contributed by atoms with Gasteiger partial charge >= 0.3 is 0 Å². The first-order valence-electron chi connectivity index (χ1n) is 8.39. The Bertz CT molecular complexity index is 995. The third-order valence-electron chi connectivity index (χ3n) is 4.28. The molecule has 2 amide bonds. The Morgan fingerprint density at radius 1 is 1.15 bits per heavy atom. The molecule has 2 N–H and O–H groups in total. The molecule has 1 aliphatic heterocycles. The van der Waals surface area contributed by atoms with E-state index >= 15 is 0 Å². The number of hydrogen-bond acceptors (Lipinski definition) is 4. The van der Waals surface area contributed by atoms with Crippen LogP contribution in [0.25, 0.3) is 10.9 Å². The van der Waals surface area contributed by atoms with Gasteiger partial charge < -0.3 is 15.4 Å². The number of amides is 2. The fourth-order valence-corrected chi connectivity index (χ4v) is 3.07. The van der Waals surface area contributed by atoms with Gasteiger partial charge in [0.05, 0.1) is 16.8 Å². The van der Waals surface area contributed by atoms with Crippen LogP contribution in [0.2, 0.25) is 0 Å². The first kappa shape index (κ1) is 16.1. The molecule has 0 bridgehead atoms. The van der Waals surface area contributed by atoms with Gasteiger partial charge in [-0.05, 0) is 30.2 Å². The molecule has 2 aromatic carbocycles. The van der Waals surface area contributed by atoms with Gasteiger partial charge in [-0.2, -0.15) is 0 Å². The number of hydrogen-bond donors (Lipinski definition) is 2. The molecule has 3 aromatic rings. The van der Waals surface area contributed by atoms with E-state index in [0.717, 1.165) is 16.5 Å². The normalized spacial score (nSPS) is 12.8. The maximum Gasteiger partial charge on any atom is 0.262 e. The molecule has 26 heavy (non-hydrogen) atoms. The summed E-state index contributed by atoms with van der Waals surface area (Å²) in [5.41, 5.74) is 2.97. The minimum Gasteiger partial charge on any atom is -0.481 e. The number of benzene rings is 2. The average molecular weight is 347 g/mol. The van der Waals surface area contributed by atoms with Gasteiger partial charge in [0.15, 0.2) is 12.4 Å². The van der Waals surface area contributed by atoms with Crippen molar-refractivity contribution >= 4 is 28.4 Å². The number of aromatic nitrogens is 1. The van der Waals surface area contributed by atoms with Crippen molar-refractivity contribution in [2.45, 2.75) is 6.42 Å². The van der Waals surface area contributed by atoms with E-state index in [9.17, 15) is 9.59 Å². The third kappa shape index (κ3) is 3.09. The van der Waals surface area contributed by atoms with E-state index in [0.29, 0.717) is 30.0 Å². The summed E-state index contributed by atoms with van der Waals surface area (Å²) in [6.45, 7) is 0.392. The van der Waals surface area contributed by atoms with Crippen LogP contribution in [0, 0.1) is 0 Å². The molecule has 1 aromatic heterocycles. The molecule has 6 heteroatoms. The molecule has 4 rings (SSSR count). The van der Waals surface area contributed by atoms with Gasteiger partial charge in [-0.1, -0.05) is 30.3 Å². The lowest BCUT2D eigenvalue weighted by Crippen LogP contribution is -2.30. The number of fused-ring (bicyclic) bond motifs is 2. The highest BCUT2D eigenvalue weighted by Gasteiger charge is 2.22. The monoisotopic (exact) mass is 347 g/mol. The topological polar surface area (TPSA) is 80.3 Å². The SMILES string of the molecule is O=C1COc2c(cccc2C(=O)NCCc2cccc3cccnc23)N1. The van der Waals surface area contributed by atoms with E-state index in [2.05, 4.69) is 15.6 Å². The van der Waals surface area contributed by atoms with Crippen LogP contribution in [0.1, 0.15) is 15.9 Å². The number of nitrogens with one attached hydrogen (secondary N) is 2. The molecule has 0 unspecified atom stereocenters. The van der Waals surface area contributed by atoms with Crippen LogP contribution in [0.5, 0.6) is 5.75 Å². The fourth-order valence-electron chi connectivity index (χ4n) is 3.07. The molecule has 0 radical (unpaired) electrons. The van der Waals surface area contributed by atoms with Crippen LogP contribution in [-0.2, 0) is 11.2 Å². The van der Waals surface area contributed by atoms with Gasteiger partial charge in [0.2, 0.25) is 0 Å². The number of para-hydroxylation sites is 2.